The molecule has 1 heterocycles. The first-order valence-electron chi connectivity index (χ1n) is 13.6. The average Bonchev–Trinajstić information content (AvgIpc) is 3.43. The fourth-order valence-electron chi connectivity index (χ4n) is 4.39. The van der Waals surface area contributed by atoms with Crippen molar-refractivity contribution in [2.24, 2.45) is 0 Å². The average molecular weight is 647 g/mol. The molecule has 1 amide bonds. The van der Waals surface area contributed by atoms with Gasteiger partial charge in [-0.1, -0.05) is 48.0 Å². The number of halogens is 1. The number of hydrogen-bond donors (Lipinski definition) is 2. The van der Waals surface area contributed by atoms with Gasteiger partial charge in [0.2, 0.25) is 0 Å². The largest absolute Gasteiger partial charge is 0.480 e. The van der Waals surface area contributed by atoms with Crippen molar-refractivity contribution in [3.05, 3.63) is 118 Å². The number of rotatable bonds is 12. The molecule has 11 heteroatoms. The monoisotopic (exact) mass is 646 g/mol. The quantitative estimate of drug-likeness (QED) is 0.146. The van der Waals surface area contributed by atoms with E-state index < -0.39 is 28.3 Å². The number of anilines is 1. The van der Waals surface area contributed by atoms with E-state index in [9.17, 15) is 18.0 Å². The molecule has 0 bridgehead atoms. The number of carbonyl (C=O) groups excluding carboxylic acids is 1. The normalized spacial score (nSPS) is 11.6. The molecule has 0 saturated carbocycles. The van der Waals surface area contributed by atoms with Gasteiger partial charge in [-0.3, -0.25) is 4.79 Å². The molecule has 0 unspecified atom stereocenters. The summed E-state index contributed by atoms with van der Waals surface area (Å²) in [6.45, 7) is -0.586. The van der Waals surface area contributed by atoms with Crippen molar-refractivity contribution in [2.75, 3.05) is 17.7 Å². The summed E-state index contributed by atoms with van der Waals surface area (Å²) in [4.78, 5) is 29.0. The SMILES string of the molecule is O=C(O)COc1ccc(CCCS(=O)(=O)c2ccc(Cl)cc2)cc1NC(=O)c1ccc(/C=C/c2nc3ccccc3s2)cc1. The van der Waals surface area contributed by atoms with Gasteiger partial charge < -0.3 is 15.2 Å². The zero-order valence-corrected chi connectivity index (χ0v) is 25.7. The first kappa shape index (κ1) is 30.9. The Morgan fingerprint density at radius 2 is 1.70 bits per heavy atom. The van der Waals surface area contributed by atoms with Crippen LogP contribution in [0.25, 0.3) is 22.4 Å². The number of thiazole rings is 1. The summed E-state index contributed by atoms with van der Waals surface area (Å²) >= 11 is 7.46. The van der Waals surface area contributed by atoms with Crippen molar-refractivity contribution in [3.63, 3.8) is 0 Å². The third-order valence-corrected chi connectivity index (χ3v) is 9.67. The minimum atomic E-state index is -3.49. The van der Waals surface area contributed by atoms with Gasteiger partial charge in [0, 0.05) is 10.6 Å². The van der Waals surface area contributed by atoms with Crippen LogP contribution in [0.4, 0.5) is 5.69 Å². The number of nitrogens with zero attached hydrogens (tertiary/aromatic N) is 1. The van der Waals surface area contributed by atoms with Gasteiger partial charge in [-0.25, -0.2) is 18.2 Å². The van der Waals surface area contributed by atoms with Crippen molar-refractivity contribution in [3.8, 4) is 5.75 Å². The summed E-state index contributed by atoms with van der Waals surface area (Å²) in [7, 11) is -3.49. The Morgan fingerprint density at radius 3 is 2.43 bits per heavy atom. The molecule has 2 N–H and O–H groups in total. The van der Waals surface area contributed by atoms with Gasteiger partial charge in [0.05, 0.1) is 26.6 Å². The molecule has 5 rings (SSSR count). The Bertz CT molecular complexity index is 1900. The summed E-state index contributed by atoms with van der Waals surface area (Å²) in [5.74, 6) is -1.45. The Kier molecular flexibility index (Phi) is 9.74. The second-order valence-corrected chi connectivity index (χ2v) is 13.4. The maximum absolute atomic E-state index is 13.1. The third-order valence-electron chi connectivity index (χ3n) is 6.60. The zero-order chi connectivity index (χ0) is 31.1. The fraction of sp³-hybridized carbons (Fsp3) is 0.121. The van der Waals surface area contributed by atoms with Crippen LogP contribution in [0.5, 0.6) is 5.75 Å². The van der Waals surface area contributed by atoms with Gasteiger partial charge >= 0.3 is 5.97 Å². The van der Waals surface area contributed by atoms with E-state index in [0.717, 1.165) is 26.4 Å². The molecular formula is C33H27ClN2O6S2. The topological polar surface area (TPSA) is 123 Å². The standard InChI is InChI=1S/C33H27ClN2O6S2/c34-25-13-15-26(16-14-25)44(40,41)19-3-4-23-9-17-29(42-21-32(37)38)28(20-23)36-33(39)24-11-7-22(8-12-24)10-18-31-35-27-5-1-2-6-30(27)43-31/h1-2,5-18,20H,3-4,19,21H2,(H,36,39)(H,37,38)/b18-10+. The molecule has 8 nitrogen and oxygen atoms in total. The van der Waals surface area contributed by atoms with E-state index in [1.807, 2.05) is 48.6 Å². The molecule has 224 valence electrons. The van der Waals surface area contributed by atoms with E-state index in [-0.39, 0.29) is 22.1 Å². The molecule has 4 aromatic carbocycles. The van der Waals surface area contributed by atoms with Gasteiger partial charge in [-0.15, -0.1) is 11.3 Å². The molecule has 44 heavy (non-hydrogen) atoms. The number of ether oxygens (including phenoxy) is 1. The lowest BCUT2D eigenvalue weighted by atomic mass is 10.1. The maximum Gasteiger partial charge on any atom is 0.341 e. The summed E-state index contributed by atoms with van der Waals surface area (Å²) in [5, 5.41) is 13.2. The van der Waals surface area contributed by atoms with Gasteiger partial charge in [-0.2, -0.15) is 0 Å². The molecule has 5 aromatic rings. The highest BCUT2D eigenvalue weighted by Gasteiger charge is 2.16. The molecule has 0 aliphatic rings. The van der Waals surface area contributed by atoms with Crippen LogP contribution in [0.3, 0.4) is 0 Å². The minimum absolute atomic E-state index is 0.0760. The number of aromatic nitrogens is 1. The second kappa shape index (κ2) is 13.9. The van der Waals surface area contributed by atoms with Crippen LogP contribution >= 0.6 is 22.9 Å². The summed E-state index contributed by atoms with van der Waals surface area (Å²) < 4.78 is 31.9. The van der Waals surface area contributed by atoms with Crippen molar-refractivity contribution in [2.45, 2.75) is 17.7 Å². The lowest BCUT2D eigenvalue weighted by molar-refractivity contribution is -0.139. The zero-order valence-electron chi connectivity index (χ0n) is 23.3. The van der Waals surface area contributed by atoms with E-state index in [4.69, 9.17) is 21.4 Å². The molecule has 0 aliphatic carbocycles. The fourth-order valence-corrected chi connectivity index (χ4v) is 6.70. The van der Waals surface area contributed by atoms with E-state index in [2.05, 4.69) is 10.3 Å². The number of sulfone groups is 1. The predicted molar refractivity (Wildman–Crippen MR) is 174 cm³/mol. The number of aliphatic carboxylic acids is 1. The van der Waals surface area contributed by atoms with Crippen LogP contribution in [0.15, 0.2) is 95.9 Å². The number of aryl methyl sites for hydroxylation is 1. The number of carboxylic acids is 1. The van der Waals surface area contributed by atoms with Crippen LogP contribution in [0.1, 0.15) is 32.9 Å². The highest BCUT2D eigenvalue weighted by molar-refractivity contribution is 7.91. The van der Waals surface area contributed by atoms with E-state index in [1.165, 1.54) is 24.3 Å². The minimum Gasteiger partial charge on any atom is -0.480 e. The molecule has 0 saturated heterocycles. The lowest BCUT2D eigenvalue weighted by Gasteiger charge is -2.14. The summed E-state index contributed by atoms with van der Waals surface area (Å²) in [5.41, 5.74) is 3.27. The first-order chi connectivity index (χ1) is 21.2. The van der Waals surface area contributed by atoms with E-state index in [0.29, 0.717) is 23.4 Å². The van der Waals surface area contributed by atoms with Crippen molar-refractivity contribution >= 4 is 72.7 Å². The summed E-state index contributed by atoms with van der Waals surface area (Å²) in [6, 6.07) is 25.9. The van der Waals surface area contributed by atoms with Gasteiger partial charge in [0.15, 0.2) is 16.4 Å². The third kappa shape index (κ3) is 8.10. The van der Waals surface area contributed by atoms with Crippen molar-refractivity contribution in [1.82, 2.24) is 4.98 Å². The van der Waals surface area contributed by atoms with Crippen LogP contribution in [-0.4, -0.2) is 42.7 Å². The van der Waals surface area contributed by atoms with Gasteiger partial charge in [-0.05, 0) is 90.7 Å². The number of fused-ring (bicyclic) bond motifs is 1. The number of carbonyl (C=O) groups is 2. The number of benzene rings is 4. The van der Waals surface area contributed by atoms with Gasteiger partial charge in [0.1, 0.15) is 10.8 Å². The van der Waals surface area contributed by atoms with Crippen LogP contribution in [0.2, 0.25) is 5.02 Å². The molecular weight excluding hydrogens is 620 g/mol. The smallest absolute Gasteiger partial charge is 0.341 e. The lowest BCUT2D eigenvalue weighted by Crippen LogP contribution is -2.15. The molecule has 0 aliphatic heterocycles. The number of amides is 1. The molecule has 0 fully saturated rings. The Hall–Kier alpha value is -4.51. The van der Waals surface area contributed by atoms with Crippen LogP contribution in [-0.2, 0) is 21.1 Å². The van der Waals surface area contributed by atoms with E-state index >= 15 is 0 Å². The van der Waals surface area contributed by atoms with Gasteiger partial charge in [0.25, 0.3) is 5.91 Å². The molecule has 0 atom stereocenters. The number of carboxylic acid groups (broad SMARTS) is 1. The molecule has 1 aromatic heterocycles. The number of hydrogen-bond acceptors (Lipinski definition) is 7. The highest BCUT2D eigenvalue weighted by Crippen LogP contribution is 2.28. The second-order valence-electron chi connectivity index (χ2n) is 9.82. The number of nitrogens with one attached hydrogen (secondary N) is 1. The molecule has 0 radical (unpaired) electrons. The maximum atomic E-state index is 13.1. The number of para-hydroxylation sites is 1. The molecule has 0 spiro atoms. The van der Waals surface area contributed by atoms with E-state index in [1.54, 1.807) is 41.7 Å². The first-order valence-corrected chi connectivity index (χ1v) is 16.4. The van der Waals surface area contributed by atoms with Crippen molar-refractivity contribution in [1.29, 1.82) is 0 Å². The summed E-state index contributed by atoms with van der Waals surface area (Å²) in [6.07, 6.45) is 4.59. The van der Waals surface area contributed by atoms with Crippen molar-refractivity contribution < 1.29 is 27.9 Å². The van der Waals surface area contributed by atoms with Crippen LogP contribution < -0.4 is 10.1 Å². The predicted octanol–water partition coefficient (Wildman–Crippen LogP) is 7.24. The Balaban J connectivity index is 1.25. The Morgan fingerprint density at radius 1 is 0.955 bits per heavy atom. The highest BCUT2D eigenvalue weighted by atomic mass is 35.5. The Labute approximate surface area is 263 Å². The van der Waals surface area contributed by atoms with Crippen LogP contribution in [0, 0.1) is 0 Å².